The largest absolute Gasteiger partial charge is 0.397 e. The Bertz CT molecular complexity index is 760. The van der Waals surface area contributed by atoms with E-state index < -0.39 is 0 Å². The monoisotopic (exact) mass is 307 g/mol. The van der Waals surface area contributed by atoms with Crippen LogP contribution in [0.2, 0.25) is 10.0 Å². The van der Waals surface area contributed by atoms with Crippen molar-refractivity contribution in [2.24, 2.45) is 0 Å². The number of anilines is 1. The van der Waals surface area contributed by atoms with E-state index in [4.69, 9.17) is 33.5 Å². The predicted molar refractivity (Wildman–Crippen MR) is 75.2 cm³/mol. The molecule has 2 aromatic heterocycles. The molecule has 0 aliphatic rings. The van der Waals surface area contributed by atoms with E-state index in [2.05, 4.69) is 20.1 Å². The third kappa shape index (κ3) is 2.19. The lowest BCUT2D eigenvalue weighted by Crippen LogP contribution is -1.93. The van der Waals surface area contributed by atoms with Crippen molar-refractivity contribution >= 4 is 28.9 Å². The van der Waals surface area contributed by atoms with Crippen molar-refractivity contribution in [3.8, 4) is 23.0 Å². The molecule has 0 unspecified atom stereocenters. The molecule has 2 N–H and O–H groups in total. The lowest BCUT2D eigenvalue weighted by molar-refractivity contribution is 0.432. The van der Waals surface area contributed by atoms with Crippen LogP contribution in [0.3, 0.4) is 0 Å². The van der Waals surface area contributed by atoms with Gasteiger partial charge in [-0.25, -0.2) is 4.98 Å². The minimum atomic E-state index is 0.177. The molecular formula is C12H7Cl2N5O. The van der Waals surface area contributed by atoms with Crippen LogP contribution in [0.1, 0.15) is 0 Å². The number of nitrogens with zero attached hydrogens (tertiary/aromatic N) is 4. The molecule has 8 heteroatoms. The maximum atomic E-state index is 6.10. The summed E-state index contributed by atoms with van der Waals surface area (Å²) in [4.78, 5) is 12.2. The van der Waals surface area contributed by atoms with Gasteiger partial charge in [-0.1, -0.05) is 28.4 Å². The highest BCUT2D eigenvalue weighted by molar-refractivity contribution is 6.37. The van der Waals surface area contributed by atoms with Gasteiger partial charge >= 0.3 is 0 Å². The minimum absolute atomic E-state index is 0.177. The maximum absolute atomic E-state index is 6.10. The minimum Gasteiger partial charge on any atom is -0.397 e. The van der Waals surface area contributed by atoms with E-state index in [9.17, 15) is 0 Å². The fourth-order valence-electron chi connectivity index (χ4n) is 1.63. The second-order valence-electron chi connectivity index (χ2n) is 3.83. The number of aromatic nitrogens is 4. The van der Waals surface area contributed by atoms with Gasteiger partial charge in [0.1, 0.15) is 5.69 Å². The fraction of sp³-hybridized carbons (Fsp3) is 0. The topological polar surface area (TPSA) is 90.7 Å². The van der Waals surface area contributed by atoms with Crippen LogP contribution in [0.15, 0.2) is 35.2 Å². The van der Waals surface area contributed by atoms with Crippen LogP contribution in [0, 0.1) is 0 Å². The van der Waals surface area contributed by atoms with Crippen LogP contribution in [0.4, 0.5) is 5.69 Å². The van der Waals surface area contributed by atoms with Gasteiger partial charge < -0.3 is 10.3 Å². The first-order valence-corrected chi connectivity index (χ1v) is 6.26. The fourth-order valence-corrected chi connectivity index (χ4v) is 2.03. The Kier molecular flexibility index (Phi) is 3.25. The molecule has 100 valence electrons. The van der Waals surface area contributed by atoms with Gasteiger partial charge in [0, 0.05) is 12.4 Å². The molecule has 2 heterocycles. The maximum Gasteiger partial charge on any atom is 0.261 e. The summed E-state index contributed by atoms with van der Waals surface area (Å²) in [7, 11) is 0. The van der Waals surface area contributed by atoms with Crippen molar-refractivity contribution in [3.63, 3.8) is 0 Å². The van der Waals surface area contributed by atoms with Gasteiger partial charge in [-0.15, -0.1) is 0 Å². The molecule has 0 atom stereocenters. The second kappa shape index (κ2) is 5.07. The molecule has 0 aliphatic heterocycles. The Morgan fingerprint density at radius 1 is 1.10 bits per heavy atom. The Morgan fingerprint density at radius 3 is 2.65 bits per heavy atom. The number of rotatable bonds is 2. The molecule has 6 nitrogen and oxygen atoms in total. The SMILES string of the molecule is Nc1c(Cl)ccc(Cl)c1-c1nc(-c2cnccn2)no1. The number of hydrogen-bond donors (Lipinski definition) is 1. The van der Waals surface area contributed by atoms with Crippen molar-refractivity contribution in [2.45, 2.75) is 0 Å². The Labute approximate surface area is 123 Å². The van der Waals surface area contributed by atoms with E-state index in [1.807, 2.05) is 0 Å². The first kappa shape index (κ1) is 12.8. The standard InChI is InChI=1S/C12H7Cl2N5O/c13-6-1-2-7(14)10(15)9(6)12-18-11(19-20-12)8-5-16-3-4-17-8/h1-5H,15H2. The van der Waals surface area contributed by atoms with Crippen LogP contribution >= 0.6 is 23.2 Å². The zero-order valence-electron chi connectivity index (χ0n) is 9.92. The highest BCUT2D eigenvalue weighted by atomic mass is 35.5. The molecule has 0 saturated heterocycles. The van der Waals surface area contributed by atoms with Gasteiger partial charge in [-0.2, -0.15) is 4.98 Å². The number of halogens is 2. The highest BCUT2D eigenvalue weighted by Crippen LogP contribution is 2.37. The lowest BCUT2D eigenvalue weighted by Gasteiger charge is -2.04. The summed E-state index contributed by atoms with van der Waals surface area (Å²) in [6, 6.07) is 3.21. The van der Waals surface area contributed by atoms with Gasteiger partial charge in [-0.3, -0.25) is 4.98 Å². The van der Waals surface area contributed by atoms with Gasteiger partial charge in [0.05, 0.1) is 27.5 Å². The summed E-state index contributed by atoms with van der Waals surface area (Å²) < 4.78 is 5.17. The third-order valence-corrected chi connectivity index (χ3v) is 3.22. The van der Waals surface area contributed by atoms with Crippen molar-refractivity contribution in [2.75, 3.05) is 5.73 Å². The zero-order chi connectivity index (χ0) is 14.1. The summed E-state index contributed by atoms with van der Waals surface area (Å²) in [5, 5.41) is 4.57. The normalized spacial score (nSPS) is 10.7. The summed E-state index contributed by atoms with van der Waals surface area (Å²) in [5.74, 6) is 0.471. The molecule has 0 saturated carbocycles. The van der Waals surface area contributed by atoms with E-state index in [0.717, 1.165) is 0 Å². The summed E-state index contributed by atoms with van der Waals surface area (Å²) in [6.45, 7) is 0. The number of nitrogens with two attached hydrogens (primary N) is 1. The third-order valence-electron chi connectivity index (χ3n) is 2.57. The average Bonchev–Trinajstić information content (AvgIpc) is 2.94. The van der Waals surface area contributed by atoms with E-state index in [-0.39, 0.29) is 11.6 Å². The molecule has 0 amide bonds. The average molecular weight is 308 g/mol. The molecule has 0 radical (unpaired) electrons. The van der Waals surface area contributed by atoms with Gasteiger partial charge in [0.25, 0.3) is 5.89 Å². The molecule has 0 spiro atoms. The quantitative estimate of drug-likeness (QED) is 0.732. The lowest BCUT2D eigenvalue weighted by atomic mass is 10.2. The zero-order valence-corrected chi connectivity index (χ0v) is 11.4. The molecule has 0 bridgehead atoms. The van der Waals surface area contributed by atoms with Crippen LogP contribution in [-0.2, 0) is 0 Å². The Hall–Kier alpha value is -2.18. The van der Waals surface area contributed by atoms with Gasteiger partial charge in [0.2, 0.25) is 5.82 Å². The molecule has 1 aromatic carbocycles. The molecule has 3 rings (SSSR count). The van der Waals surface area contributed by atoms with Crippen LogP contribution < -0.4 is 5.73 Å². The first-order chi connectivity index (χ1) is 9.66. The van der Waals surface area contributed by atoms with Crippen molar-refractivity contribution in [1.29, 1.82) is 0 Å². The van der Waals surface area contributed by atoms with Crippen LogP contribution in [0.25, 0.3) is 23.0 Å². The molecule has 20 heavy (non-hydrogen) atoms. The summed E-state index contributed by atoms with van der Waals surface area (Å²) in [6.07, 6.45) is 4.61. The molecule has 0 aliphatic carbocycles. The molecular weight excluding hydrogens is 301 g/mol. The van der Waals surface area contributed by atoms with E-state index in [1.54, 1.807) is 18.3 Å². The van der Waals surface area contributed by atoms with E-state index >= 15 is 0 Å². The molecule has 0 fully saturated rings. The van der Waals surface area contributed by atoms with Crippen molar-refractivity contribution < 1.29 is 4.52 Å². The summed E-state index contributed by atoms with van der Waals surface area (Å²) >= 11 is 12.1. The number of nitrogen functional groups attached to an aromatic ring is 1. The highest BCUT2D eigenvalue weighted by Gasteiger charge is 2.18. The first-order valence-electron chi connectivity index (χ1n) is 5.51. The van der Waals surface area contributed by atoms with E-state index in [0.29, 0.717) is 27.1 Å². The van der Waals surface area contributed by atoms with Gasteiger partial charge in [0.15, 0.2) is 0 Å². The van der Waals surface area contributed by atoms with E-state index in [1.165, 1.54) is 12.4 Å². The van der Waals surface area contributed by atoms with Crippen molar-refractivity contribution in [3.05, 3.63) is 40.8 Å². The van der Waals surface area contributed by atoms with Crippen molar-refractivity contribution in [1.82, 2.24) is 20.1 Å². The smallest absolute Gasteiger partial charge is 0.261 e. The Morgan fingerprint density at radius 2 is 1.90 bits per heavy atom. The van der Waals surface area contributed by atoms with Crippen LogP contribution in [0.5, 0.6) is 0 Å². The molecule has 3 aromatic rings. The second-order valence-corrected chi connectivity index (χ2v) is 4.65. The number of hydrogen-bond acceptors (Lipinski definition) is 6. The predicted octanol–water partition coefficient (Wildman–Crippen LogP) is 3.08. The summed E-state index contributed by atoms with van der Waals surface area (Å²) in [5.41, 5.74) is 7.07. The number of benzene rings is 1. The van der Waals surface area contributed by atoms with Crippen LogP contribution in [-0.4, -0.2) is 20.1 Å². The van der Waals surface area contributed by atoms with Gasteiger partial charge in [-0.05, 0) is 12.1 Å². The Balaban J connectivity index is 2.10.